The summed E-state index contributed by atoms with van der Waals surface area (Å²) >= 11 is 0. The molecule has 0 aromatic carbocycles. The number of nitrogens with one attached hydrogen (secondary N) is 1. The smallest absolute Gasteiger partial charge is 0.418 e. The third kappa shape index (κ3) is 231. The third-order valence-electron chi connectivity index (χ3n) is 0.846. The molecule has 0 spiro atoms. The average molecular weight is 364 g/mol. The average Bonchev–Trinajstić information content (AvgIpc) is 2.12. The van der Waals surface area contributed by atoms with Crippen LogP contribution in [0, 0.1) is 0 Å². The minimum absolute atomic E-state index is 0. The highest BCUT2D eigenvalue weighted by atomic mass is 19.5. The van der Waals surface area contributed by atoms with Crippen LogP contribution < -0.4 is 5.32 Å². The molecule has 1 N–H and O–H groups in total. The van der Waals surface area contributed by atoms with E-state index in [-0.39, 0.29) is 7.43 Å². The maximum absolute atomic E-state index is 9.75. The standard InChI is InChI=1S/C4H9NO.CH4.3BF4/c1-3-6-4-2-5-1;;3*2-1(3,4)5/h5H,1-4H2;1H4;;;/q;;3*-1. The van der Waals surface area contributed by atoms with Gasteiger partial charge in [-0.2, -0.15) is 0 Å². The quantitative estimate of drug-likeness (QED) is 0.516. The summed E-state index contributed by atoms with van der Waals surface area (Å²) in [5, 5.41) is 3.16. The van der Waals surface area contributed by atoms with E-state index in [0.717, 1.165) is 26.3 Å². The van der Waals surface area contributed by atoms with E-state index >= 15 is 0 Å². The van der Waals surface area contributed by atoms with E-state index in [1.54, 1.807) is 0 Å². The molecule has 1 saturated heterocycles. The van der Waals surface area contributed by atoms with Crippen molar-refractivity contribution in [2.75, 3.05) is 26.3 Å². The van der Waals surface area contributed by atoms with Crippen molar-refractivity contribution in [2.24, 2.45) is 0 Å². The zero-order chi connectivity index (χ0) is 17.7. The molecule has 0 aromatic heterocycles. The Balaban J connectivity index is -0.0000000973. The first-order chi connectivity index (χ1) is 9.00. The van der Waals surface area contributed by atoms with Crippen LogP contribution in [0.4, 0.5) is 51.8 Å². The Hall–Kier alpha value is -0.725. The zero-order valence-corrected chi connectivity index (χ0v) is 10.0. The van der Waals surface area contributed by atoms with Crippen molar-refractivity contribution in [2.45, 2.75) is 7.43 Å². The summed E-state index contributed by atoms with van der Waals surface area (Å²) in [5.41, 5.74) is 0. The number of ether oxygens (including phenoxy) is 1. The summed E-state index contributed by atoms with van der Waals surface area (Å²) in [4.78, 5) is 0. The molecule has 1 heterocycles. The van der Waals surface area contributed by atoms with Crippen molar-refractivity contribution in [3.05, 3.63) is 0 Å². The molecule has 1 rings (SSSR count). The van der Waals surface area contributed by atoms with Crippen LogP contribution >= 0.6 is 0 Å². The van der Waals surface area contributed by atoms with Crippen LogP contribution in [0.15, 0.2) is 0 Å². The van der Waals surface area contributed by atoms with Gasteiger partial charge in [0, 0.05) is 13.1 Å². The normalized spacial score (nSPS) is 14.7. The molecule has 22 heavy (non-hydrogen) atoms. The molecular formula is C5H13B3F12NO-3. The molecule has 0 aromatic rings. The van der Waals surface area contributed by atoms with Gasteiger partial charge in [-0.15, -0.1) is 0 Å². The second-order valence-corrected chi connectivity index (χ2v) is 2.85. The number of hydrogen-bond acceptors (Lipinski definition) is 2. The van der Waals surface area contributed by atoms with Crippen molar-refractivity contribution in [3.8, 4) is 0 Å². The molecule has 0 bridgehead atoms. The van der Waals surface area contributed by atoms with Gasteiger partial charge in [-0.1, -0.05) is 7.43 Å². The highest BCUT2D eigenvalue weighted by molar-refractivity contribution is 6.50. The van der Waals surface area contributed by atoms with Crippen LogP contribution in [0.2, 0.25) is 0 Å². The number of halogens is 12. The summed E-state index contributed by atoms with van der Waals surface area (Å²) in [6, 6.07) is 0. The minimum atomic E-state index is -6.00. The molecule has 17 heteroatoms. The van der Waals surface area contributed by atoms with E-state index in [1.165, 1.54) is 0 Å². The summed E-state index contributed by atoms with van der Waals surface area (Å²) in [6.45, 7) is 3.83. The Kier molecular flexibility index (Phi) is 18.5. The topological polar surface area (TPSA) is 21.3 Å². The van der Waals surface area contributed by atoms with E-state index in [0.29, 0.717) is 0 Å². The first-order valence-electron chi connectivity index (χ1n) is 4.90. The SMILES string of the molecule is C.C1COCCN1.F[B-](F)(F)F.F[B-](F)(F)F.F[B-](F)(F)F. The van der Waals surface area contributed by atoms with Crippen molar-refractivity contribution >= 4 is 21.8 Å². The largest absolute Gasteiger partial charge is 0.673 e. The predicted molar refractivity (Wildman–Crippen MR) is 61.0 cm³/mol. The highest BCUT2D eigenvalue weighted by Gasteiger charge is 2.21. The molecule has 140 valence electrons. The van der Waals surface area contributed by atoms with Crippen LogP contribution in [-0.4, -0.2) is 48.1 Å². The molecule has 0 saturated carbocycles. The lowest BCUT2D eigenvalue weighted by atomic mass is 10.3. The fraction of sp³-hybridized carbons (Fsp3) is 1.00. The van der Waals surface area contributed by atoms with E-state index in [4.69, 9.17) is 4.74 Å². The molecule has 1 aliphatic rings. The van der Waals surface area contributed by atoms with Gasteiger partial charge in [-0.25, -0.2) is 0 Å². The Morgan fingerprint density at radius 3 is 0.773 bits per heavy atom. The van der Waals surface area contributed by atoms with Crippen LogP contribution in [0.1, 0.15) is 7.43 Å². The predicted octanol–water partition coefficient (Wildman–Crippen LogP) is 4.14. The molecule has 1 fully saturated rings. The van der Waals surface area contributed by atoms with E-state index in [2.05, 4.69) is 5.32 Å². The first-order valence-corrected chi connectivity index (χ1v) is 4.90. The molecule has 0 amide bonds. The summed E-state index contributed by atoms with van der Waals surface area (Å²) < 4.78 is 122. The summed E-state index contributed by atoms with van der Waals surface area (Å²) in [5.74, 6) is 0. The summed E-state index contributed by atoms with van der Waals surface area (Å²) in [7, 11) is -18.0. The maximum Gasteiger partial charge on any atom is 0.673 e. The molecular weight excluding hydrogens is 350 g/mol. The van der Waals surface area contributed by atoms with Gasteiger partial charge in [0.2, 0.25) is 0 Å². The van der Waals surface area contributed by atoms with E-state index in [1.807, 2.05) is 0 Å². The second-order valence-electron chi connectivity index (χ2n) is 2.85. The van der Waals surface area contributed by atoms with E-state index in [9.17, 15) is 51.8 Å². The number of rotatable bonds is 0. The van der Waals surface area contributed by atoms with Crippen molar-refractivity contribution in [1.29, 1.82) is 0 Å². The van der Waals surface area contributed by atoms with Crippen LogP contribution in [0.5, 0.6) is 0 Å². The number of morpholine rings is 1. The first kappa shape index (κ1) is 29.3. The Morgan fingerprint density at radius 2 is 0.727 bits per heavy atom. The van der Waals surface area contributed by atoms with Gasteiger partial charge < -0.3 is 61.8 Å². The van der Waals surface area contributed by atoms with Crippen molar-refractivity contribution in [1.82, 2.24) is 5.32 Å². The Morgan fingerprint density at radius 1 is 0.545 bits per heavy atom. The van der Waals surface area contributed by atoms with Gasteiger partial charge in [0.15, 0.2) is 0 Å². The van der Waals surface area contributed by atoms with Gasteiger partial charge in [0.1, 0.15) is 0 Å². The van der Waals surface area contributed by atoms with Gasteiger partial charge in [-0.05, 0) is 0 Å². The van der Waals surface area contributed by atoms with Gasteiger partial charge in [0.25, 0.3) is 0 Å². The van der Waals surface area contributed by atoms with E-state index < -0.39 is 21.8 Å². The highest BCUT2D eigenvalue weighted by Crippen LogP contribution is 2.07. The molecule has 0 atom stereocenters. The third-order valence-corrected chi connectivity index (χ3v) is 0.846. The van der Waals surface area contributed by atoms with Crippen LogP contribution in [0.25, 0.3) is 0 Å². The van der Waals surface area contributed by atoms with Crippen LogP contribution in [-0.2, 0) is 4.74 Å². The molecule has 0 unspecified atom stereocenters. The van der Waals surface area contributed by atoms with Crippen LogP contribution in [0.3, 0.4) is 0 Å². The molecule has 0 radical (unpaired) electrons. The lowest BCUT2D eigenvalue weighted by Gasteiger charge is -2.10. The number of hydrogen-bond donors (Lipinski definition) is 1. The lowest BCUT2D eigenvalue weighted by Crippen LogP contribution is -2.30. The van der Waals surface area contributed by atoms with Crippen molar-refractivity contribution < 1.29 is 56.5 Å². The fourth-order valence-corrected chi connectivity index (χ4v) is 0.516. The zero-order valence-electron chi connectivity index (χ0n) is 10.0. The fourth-order valence-electron chi connectivity index (χ4n) is 0.516. The minimum Gasteiger partial charge on any atom is -0.418 e. The monoisotopic (exact) mass is 364 g/mol. The van der Waals surface area contributed by atoms with Gasteiger partial charge >= 0.3 is 21.8 Å². The Labute approximate surface area is 118 Å². The molecule has 2 nitrogen and oxygen atoms in total. The molecule has 0 aliphatic carbocycles. The molecule has 1 aliphatic heterocycles. The Bertz CT molecular complexity index is 168. The van der Waals surface area contributed by atoms with Gasteiger partial charge in [-0.3, -0.25) is 0 Å². The second kappa shape index (κ2) is 13.9. The lowest BCUT2D eigenvalue weighted by molar-refractivity contribution is 0.109. The summed E-state index contributed by atoms with van der Waals surface area (Å²) in [6.07, 6.45) is 0. The van der Waals surface area contributed by atoms with Gasteiger partial charge in [0.05, 0.1) is 13.2 Å². The maximum atomic E-state index is 9.75. The van der Waals surface area contributed by atoms with Crippen molar-refractivity contribution in [3.63, 3.8) is 0 Å².